The molecule has 1 aliphatic rings. The van der Waals surface area contributed by atoms with Gasteiger partial charge in [-0.25, -0.2) is 0 Å². The van der Waals surface area contributed by atoms with Crippen molar-refractivity contribution in [2.24, 2.45) is 0 Å². The van der Waals surface area contributed by atoms with Gasteiger partial charge >= 0.3 is 5.91 Å². The molecule has 0 aliphatic carbocycles. The average Bonchev–Trinajstić information content (AvgIpc) is 2.79. The Morgan fingerprint density at radius 3 is 2.96 bits per heavy atom. The van der Waals surface area contributed by atoms with Crippen LogP contribution in [0.5, 0.6) is 11.5 Å². The number of carbonyl (C=O) groups excluding carboxylic acids is 1. The Kier molecular flexibility index (Phi) is 4.52. The Hall–Kier alpha value is -2.47. The normalized spacial score (nSPS) is 13.3. The Morgan fingerprint density at radius 1 is 1.30 bits per heavy atom. The van der Waals surface area contributed by atoms with Gasteiger partial charge in [0.25, 0.3) is 5.69 Å². The molecule has 1 aliphatic heterocycles. The lowest BCUT2D eigenvalue weighted by Gasteiger charge is -2.12. The van der Waals surface area contributed by atoms with E-state index in [0.717, 1.165) is 12.0 Å². The lowest BCUT2D eigenvalue weighted by Crippen LogP contribution is -2.38. The second-order valence-corrected chi connectivity index (χ2v) is 5.46. The highest BCUT2D eigenvalue weighted by Crippen LogP contribution is 2.37. The van der Waals surface area contributed by atoms with Crippen LogP contribution in [0.15, 0.2) is 36.5 Å². The molecular weight excluding hydrogens is 320 g/mol. The van der Waals surface area contributed by atoms with E-state index in [-0.39, 0.29) is 12.2 Å². The van der Waals surface area contributed by atoms with Crippen LogP contribution >= 0.6 is 11.6 Å². The summed E-state index contributed by atoms with van der Waals surface area (Å²) < 4.78 is 11.7. The second kappa shape index (κ2) is 6.75. The lowest BCUT2D eigenvalue weighted by atomic mass is 10.2. The van der Waals surface area contributed by atoms with Crippen LogP contribution in [-0.2, 0) is 6.54 Å². The number of pyridine rings is 1. The van der Waals surface area contributed by atoms with Crippen LogP contribution in [0, 0.1) is 5.21 Å². The molecule has 0 bridgehead atoms. The maximum Gasteiger partial charge on any atom is 0.317 e. The van der Waals surface area contributed by atoms with Crippen molar-refractivity contribution >= 4 is 17.5 Å². The molecule has 1 amide bonds. The minimum Gasteiger partial charge on any atom is -0.618 e. The molecule has 120 valence electrons. The van der Waals surface area contributed by atoms with Crippen LogP contribution in [0.3, 0.4) is 0 Å². The molecule has 23 heavy (non-hydrogen) atoms. The van der Waals surface area contributed by atoms with Gasteiger partial charge in [-0.3, -0.25) is 4.79 Å². The molecule has 0 saturated heterocycles. The number of benzene rings is 1. The van der Waals surface area contributed by atoms with E-state index in [1.54, 1.807) is 24.3 Å². The summed E-state index contributed by atoms with van der Waals surface area (Å²) in [6.07, 6.45) is 2.06. The van der Waals surface area contributed by atoms with Crippen molar-refractivity contribution in [2.45, 2.75) is 13.0 Å². The van der Waals surface area contributed by atoms with E-state index in [1.807, 2.05) is 0 Å². The van der Waals surface area contributed by atoms with Crippen molar-refractivity contribution in [2.75, 3.05) is 13.2 Å². The van der Waals surface area contributed by atoms with Crippen LogP contribution in [0.4, 0.5) is 0 Å². The Labute approximate surface area is 138 Å². The van der Waals surface area contributed by atoms with Gasteiger partial charge < -0.3 is 20.0 Å². The van der Waals surface area contributed by atoms with E-state index in [9.17, 15) is 10.0 Å². The fourth-order valence-corrected chi connectivity index (χ4v) is 2.55. The predicted molar refractivity (Wildman–Crippen MR) is 83.6 cm³/mol. The van der Waals surface area contributed by atoms with Crippen LogP contribution in [-0.4, -0.2) is 19.1 Å². The van der Waals surface area contributed by atoms with Crippen molar-refractivity contribution in [1.82, 2.24) is 5.32 Å². The number of amides is 1. The largest absolute Gasteiger partial charge is 0.618 e. The maximum absolute atomic E-state index is 12.0. The number of hydrogen-bond donors (Lipinski definition) is 1. The number of ether oxygens (including phenoxy) is 2. The molecule has 1 aromatic heterocycles. The molecule has 7 heteroatoms. The zero-order chi connectivity index (χ0) is 16.2. The standard InChI is InChI=1S/C16H15ClN2O4/c17-12-8-11(9-14-15(12)23-7-3-6-22-14)10-18-16(20)13-4-1-2-5-19(13)21/h1-2,4-5,8-9H,3,6-7,10H2,(H,18,20). The summed E-state index contributed by atoms with van der Waals surface area (Å²) in [6, 6.07) is 8.15. The van der Waals surface area contributed by atoms with E-state index in [1.165, 1.54) is 12.3 Å². The predicted octanol–water partition coefficient (Wildman–Crippen LogP) is 2.06. The van der Waals surface area contributed by atoms with Crippen molar-refractivity contribution < 1.29 is 19.0 Å². The molecular formula is C16H15ClN2O4. The lowest BCUT2D eigenvalue weighted by molar-refractivity contribution is -0.607. The number of halogens is 1. The van der Waals surface area contributed by atoms with E-state index >= 15 is 0 Å². The molecule has 6 nitrogen and oxygen atoms in total. The summed E-state index contributed by atoms with van der Waals surface area (Å²) in [6.45, 7) is 1.34. The SMILES string of the molecule is O=C(NCc1cc(Cl)c2c(c1)OCCCO2)c1cccc[n+]1[O-]. The number of aromatic nitrogens is 1. The fourth-order valence-electron chi connectivity index (χ4n) is 2.26. The van der Waals surface area contributed by atoms with Crippen LogP contribution in [0.25, 0.3) is 0 Å². The van der Waals surface area contributed by atoms with Gasteiger partial charge in [0.15, 0.2) is 17.7 Å². The fraction of sp³-hybridized carbons (Fsp3) is 0.250. The molecule has 0 atom stereocenters. The van der Waals surface area contributed by atoms with Gasteiger partial charge in [0.05, 0.1) is 18.2 Å². The van der Waals surface area contributed by atoms with E-state index in [2.05, 4.69) is 5.32 Å². The molecule has 0 unspecified atom stereocenters. The van der Waals surface area contributed by atoms with E-state index in [0.29, 0.717) is 34.5 Å². The summed E-state index contributed by atoms with van der Waals surface area (Å²) in [5.41, 5.74) is 0.800. The number of fused-ring (bicyclic) bond motifs is 1. The van der Waals surface area contributed by atoms with Gasteiger partial charge in [0, 0.05) is 25.1 Å². The molecule has 1 N–H and O–H groups in total. The van der Waals surface area contributed by atoms with Crippen LogP contribution < -0.4 is 19.5 Å². The van der Waals surface area contributed by atoms with Gasteiger partial charge in [0.2, 0.25) is 0 Å². The van der Waals surface area contributed by atoms with Gasteiger partial charge in [-0.15, -0.1) is 0 Å². The third-order valence-corrected chi connectivity index (χ3v) is 3.65. The van der Waals surface area contributed by atoms with Crippen LogP contribution in [0.1, 0.15) is 22.5 Å². The number of carbonyl (C=O) groups is 1. The highest BCUT2D eigenvalue weighted by Gasteiger charge is 2.18. The van der Waals surface area contributed by atoms with Gasteiger partial charge in [-0.2, -0.15) is 4.73 Å². The summed E-state index contributed by atoms with van der Waals surface area (Å²) >= 11 is 6.21. The number of nitrogens with zero attached hydrogens (tertiary/aromatic N) is 1. The number of nitrogens with one attached hydrogen (secondary N) is 1. The summed E-state index contributed by atoms with van der Waals surface area (Å²) in [7, 11) is 0. The van der Waals surface area contributed by atoms with Gasteiger partial charge in [0.1, 0.15) is 0 Å². The molecule has 0 spiro atoms. The average molecular weight is 335 g/mol. The summed E-state index contributed by atoms with van der Waals surface area (Å²) in [4.78, 5) is 12.0. The van der Waals surface area contributed by atoms with Gasteiger partial charge in [-0.1, -0.05) is 11.6 Å². The van der Waals surface area contributed by atoms with E-state index < -0.39 is 5.91 Å². The monoisotopic (exact) mass is 334 g/mol. The quantitative estimate of drug-likeness (QED) is 0.688. The maximum atomic E-state index is 12.0. The number of rotatable bonds is 3. The minimum absolute atomic E-state index is 0.0351. The third-order valence-electron chi connectivity index (χ3n) is 3.37. The first-order valence-corrected chi connectivity index (χ1v) is 7.57. The summed E-state index contributed by atoms with van der Waals surface area (Å²) in [5.74, 6) is 0.640. The summed E-state index contributed by atoms with van der Waals surface area (Å²) in [5, 5.41) is 14.7. The Morgan fingerprint density at radius 2 is 2.13 bits per heavy atom. The Bertz CT molecular complexity index is 736. The zero-order valence-electron chi connectivity index (χ0n) is 12.3. The smallest absolute Gasteiger partial charge is 0.317 e. The van der Waals surface area contributed by atoms with Crippen molar-refractivity contribution in [3.63, 3.8) is 0 Å². The number of hydrogen-bond acceptors (Lipinski definition) is 4. The molecule has 0 saturated carbocycles. The molecule has 3 rings (SSSR count). The van der Waals surface area contributed by atoms with Crippen LogP contribution in [0.2, 0.25) is 5.02 Å². The highest BCUT2D eigenvalue weighted by molar-refractivity contribution is 6.32. The first-order valence-electron chi connectivity index (χ1n) is 7.19. The molecule has 2 heterocycles. The zero-order valence-corrected chi connectivity index (χ0v) is 13.0. The molecule has 0 fully saturated rings. The Balaban J connectivity index is 1.74. The highest BCUT2D eigenvalue weighted by atomic mass is 35.5. The molecule has 1 aromatic carbocycles. The van der Waals surface area contributed by atoms with Crippen molar-refractivity contribution in [3.05, 3.63) is 58.0 Å². The van der Waals surface area contributed by atoms with Crippen molar-refractivity contribution in [1.29, 1.82) is 0 Å². The first-order chi connectivity index (χ1) is 11.1. The second-order valence-electron chi connectivity index (χ2n) is 5.05. The molecule has 0 radical (unpaired) electrons. The van der Waals surface area contributed by atoms with Crippen molar-refractivity contribution in [3.8, 4) is 11.5 Å². The topological polar surface area (TPSA) is 74.5 Å². The van der Waals surface area contributed by atoms with E-state index in [4.69, 9.17) is 21.1 Å². The minimum atomic E-state index is -0.455. The third kappa shape index (κ3) is 3.48. The molecule has 2 aromatic rings. The van der Waals surface area contributed by atoms with Gasteiger partial charge in [-0.05, 0) is 23.8 Å². The first kappa shape index (κ1) is 15.4.